The van der Waals surface area contributed by atoms with Crippen molar-refractivity contribution in [3.05, 3.63) is 70.9 Å². The van der Waals surface area contributed by atoms with E-state index >= 15 is 0 Å². The number of rotatable bonds is 10. The maximum atomic E-state index is 13.3. The highest BCUT2D eigenvalue weighted by atomic mass is 32.2. The van der Waals surface area contributed by atoms with Crippen LogP contribution in [0.5, 0.6) is 5.75 Å². The Hall–Kier alpha value is -2.65. The first-order chi connectivity index (χ1) is 15.7. The molecule has 1 aromatic heterocycles. The van der Waals surface area contributed by atoms with Gasteiger partial charge in [0.05, 0.1) is 23.4 Å². The van der Waals surface area contributed by atoms with E-state index in [0.717, 1.165) is 25.5 Å². The molecule has 0 saturated heterocycles. The summed E-state index contributed by atoms with van der Waals surface area (Å²) in [6.07, 6.45) is 7.60. The monoisotopic (exact) mass is 490 g/mol. The van der Waals surface area contributed by atoms with Gasteiger partial charge in [-0.1, -0.05) is 25.5 Å². The first-order valence-corrected chi connectivity index (χ1v) is 13.8. The van der Waals surface area contributed by atoms with Gasteiger partial charge in [-0.25, -0.2) is 12.8 Å². The first kappa shape index (κ1) is 25.0. The molecule has 0 spiro atoms. The highest BCUT2D eigenvalue weighted by molar-refractivity contribution is 7.99. The number of hydrogen-bond acceptors (Lipinski definition) is 6. The summed E-state index contributed by atoms with van der Waals surface area (Å²) in [7, 11) is -3.34. The third kappa shape index (κ3) is 6.23. The van der Waals surface area contributed by atoms with Gasteiger partial charge >= 0.3 is 5.56 Å². The van der Waals surface area contributed by atoms with Crippen LogP contribution in [0.1, 0.15) is 26.2 Å². The summed E-state index contributed by atoms with van der Waals surface area (Å²) in [4.78, 5) is 13.5. The molecule has 0 aliphatic carbocycles. The van der Waals surface area contributed by atoms with Gasteiger partial charge in [0.2, 0.25) is 0 Å². The van der Waals surface area contributed by atoms with E-state index in [0.29, 0.717) is 28.7 Å². The van der Waals surface area contributed by atoms with Gasteiger partial charge < -0.3 is 4.74 Å². The minimum Gasteiger partial charge on any atom is -0.487 e. The molecule has 0 amide bonds. The van der Waals surface area contributed by atoms with Crippen LogP contribution in [0.15, 0.2) is 64.4 Å². The van der Waals surface area contributed by atoms with Crippen LogP contribution < -0.4 is 10.3 Å². The van der Waals surface area contributed by atoms with Gasteiger partial charge in [-0.15, -0.1) is 0 Å². The Bertz CT molecular complexity index is 1240. The van der Waals surface area contributed by atoms with Gasteiger partial charge in [0, 0.05) is 17.1 Å². The molecule has 0 aliphatic rings. The Balaban J connectivity index is 2.01. The van der Waals surface area contributed by atoms with Crippen molar-refractivity contribution >= 4 is 21.6 Å². The number of hydrogen-bond donors (Lipinski definition) is 0. The van der Waals surface area contributed by atoms with Crippen molar-refractivity contribution in [1.82, 2.24) is 9.78 Å². The highest BCUT2D eigenvalue weighted by Gasteiger charge is 2.18. The molecule has 0 aliphatic heterocycles. The predicted octanol–water partition coefficient (Wildman–Crippen LogP) is 4.74. The lowest BCUT2D eigenvalue weighted by Gasteiger charge is -2.16. The van der Waals surface area contributed by atoms with Crippen molar-refractivity contribution in [2.75, 3.05) is 19.1 Å². The second-order valence-electron chi connectivity index (χ2n) is 7.66. The molecule has 3 aromatic rings. The van der Waals surface area contributed by atoms with Crippen molar-refractivity contribution in [2.45, 2.75) is 36.3 Å². The van der Waals surface area contributed by atoms with Gasteiger partial charge in [0.25, 0.3) is 0 Å². The normalized spacial score (nSPS) is 12.5. The Morgan fingerprint density at radius 3 is 2.33 bits per heavy atom. The lowest BCUT2D eigenvalue weighted by atomic mass is 10.1. The zero-order valence-corrected chi connectivity index (χ0v) is 20.5. The summed E-state index contributed by atoms with van der Waals surface area (Å²) < 4.78 is 44.1. The van der Waals surface area contributed by atoms with E-state index < -0.39 is 21.2 Å². The molecule has 0 fully saturated rings. The fourth-order valence-electron chi connectivity index (χ4n) is 3.43. The molecule has 2 aromatic carbocycles. The average Bonchev–Trinajstić information content (AvgIpc) is 2.79. The van der Waals surface area contributed by atoms with Crippen molar-refractivity contribution < 1.29 is 17.5 Å². The number of ether oxygens (including phenoxy) is 1. The summed E-state index contributed by atoms with van der Waals surface area (Å²) in [6, 6.07) is 11.7. The maximum Gasteiger partial charge on any atom is 0.314 e. The summed E-state index contributed by atoms with van der Waals surface area (Å²) in [5.74, 6) is -0.289. The molecular formula is C24H27FN2O4S2. The number of thioether (sulfide) groups is 1. The van der Waals surface area contributed by atoms with E-state index in [4.69, 9.17) is 4.74 Å². The van der Waals surface area contributed by atoms with Crippen LogP contribution in [0.25, 0.3) is 16.8 Å². The minimum absolute atomic E-state index is 0.123. The zero-order chi connectivity index (χ0) is 24.0. The molecule has 1 unspecified atom stereocenters. The molecule has 0 saturated carbocycles. The molecule has 9 heteroatoms. The van der Waals surface area contributed by atoms with Gasteiger partial charge in [0.15, 0.2) is 15.6 Å². The van der Waals surface area contributed by atoms with E-state index in [1.807, 2.05) is 0 Å². The largest absolute Gasteiger partial charge is 0.487 e. The number of nitrogens with zero attached hydrogens (tertiary/aromatic N) is 2. The smallest absolute Gasteiger partial charge is 0.314 e. The summed E-state index contributed by atoms with van der Waals surface area (Å²) in [5.41, 5.74) is 1.03. The average molecular weight is 491 g/mol. The number of sulfone groups is 1. The fraction of sp³-hybridized carbons (Fsp3) is 0.333. The summed E-state index contributed by atoms with van der Waals surface area (Å²) >= 11 is 1.77. The minimum atomic E-state index is -3.34. The Morgan fingerprint density at radius 2 is 1.76 bits per heavy atom. The molecule has 33 heavy (non-hydrogen) atoms. The second-order valence-corrected chi connectivity index (χ2v) is 10.8. The van der Waals surface area contributed by atoms with Crippen LogP contribution in [0, 0.1) is 5.82 Å². The Kier molecular flexibility index (Phi) is 8.31. The van der Waals surface area contributed by atoms with Gasteiger partial charge in [0.1, 0.15) is 5.82 Å². The van der Waals surface area contributed by atoms with E-state index in [1.54, 1.807) is 23.9 Å². The highest BCUT2D eigenvalue weighted by Crippen LogP contribution is 2.28. The molecule has 0 radical (unpaired) electrons. The number of benzene rings is 2. The molecule has 1 atom stereocenters. The summed E-state index contributed by atoms with van der Waals surface area (Å²) in [5, 5.41) is 4.68. The van der Waals surface area contributed by atoms with Gasteiger partial charge in [-0.3, -0.25) is 4.79 Å². The molecular weight excluding hydrogens is 463 g/mol. The van der Waals surface area contributed by atoms with Crippen molar-refractivity contribution in [2.24, 2.45) is 0 Å². The molecule has 0 N–H and O–H groups in total. The van der Waals surface area contributed by atoms with Crippen LogP contribution >= 0.6 is 11.8 Å². The third-order valence-corrected chi connectivity index (χ3v) is 7.49. The van der Waals surface area contributed by atoms with E-state index in [2.05, 4.69) is 18.3 Å². The van der Waals surface area contributed by atoms with Crippen molar-refractivity contribution in [1.29, 1.82) is 0 Å². The zero-order valence-electron chi connectivity index (χ0n) is 18.8. The number of halogens is 1. The van der Waals surface area contributed by atoms with Crippen LogP contribution in [0.4, 0.5) is 4.39 Å². The quantitative estimate of drug-likeness (QED) is 0.408. The maximum absolute atomic E-state index is 13.3. The first-order valence-electron chi connectivity index (χ1n) is 10.6. The molecule has 3 rings (SSSR count). The Labute approximate surface area is 197 Å². The summed E-state index contributed by atoms with van der Waals surface area (Å²) in [6.45, 7) is 2.48. The second kappa shape index (κ2) is 11.0. The fourth-order valence-corrected chi connectivity index (χ4v) is 4.86. The van der Waals surface area contributed by atoms with Crippen LogP contribution in [-0.4, -0.2) is 42.6 Å². The van der Waals surface area contributed by atoms with E-state index in [1.165, 1.54) is 47.3 Å². The lowest BCUT2D eigenvalue weighted by molar-refractivity contribution is 0.302. The number of aromatic nitrogens is 2. The SMILES string of the molecule is CCCC(CCOc1c(-c2ccc(S(C)(=O)=O)cc2)cnn(-c2ccc(F)cc2)c1=O)SC. The lowest BCUT2D eigenvalue weighted by Crippen LogP contribution is -2.24. The van der Waals surface area contributed by atoms with Crippen LogP contribution in [0.2, 0.25) is 0 Å². The molecule has 6 nitrogen and oxygen atoms in total. The van der Waals surface area contributed by atoms with E-state index in [9.17, 15) is 17.6 Å². The molecule has 0 bridgehead atoms. The predicted molar refractivity (Wildman–Crippen MR) is 131 cm³/mol. The van der Waals surface area contributed by atoms with Crippen LogP contribution in [-0.2, 0) is 9.84 Å². The molecule has 176 valence electrons. The molecule has 1 heterocycles. The standard InChI is InChI=1S/C24H27FN2O4S2/c1-4-5-20(32-2)14-15-31-23-22(17-6-12-21(13-7-17)33(3,29)30)16-26-27(24(23)28)19-10-8-18(25)9-11-19/h6-13,16,20H,4-5,14-15H2,1-3H3. The van der Waals surface area contributed by atoms with E-state index in [-0.39, 0.29) is 10.6 Å². The third-order valence-electron chi connectivity index (χ3n) is 5.23. The van der Waals surface area contributed by atoms with Gasteiger partial charge in [-0.2, -0.15) is 21.5 Å². The van der Waals surface area contributed by atoms with Gasteiger partial charge in [-0.05, 0) is 61.1 Å². The topological polar surface area (TPSA) is 78.3 Å². The Morgan fingerprint density at radius 1 is 1.09 bits per heavy atom. The van der Waals surface area contributed by atoms with Crippen molar-refractivity contribution in [3.63, 3.8) is 0 Å². The van der Waals surface area contributed by atoms with Crippen LogP contribution in [0.3, 0.4) is 0 Å². The van der Waals surface area contributed by atoms with Crippen molar-refractivity contribution in [3.8, 4) is 22.6 Å².